The van der Waals surface area contributed by atoms with Crippen molar-refractivity contribution in [3.8, 4) is 0 Å². The summed E-state index contributed by atoms with van der Waals surface area (Å²) in [5.74, 6) is 0.942. The maximum Gasteiger partial charge on any atom is 0.0365 e. The first-order chi connectivity index (χ1) is 9.37. The van der Waals surface area contributed by atoms with Crippen LogP contribution in [0.15, 0.2) is 0 Å². The number of likely N-dealkylation sites (N-methyl/N-ethyl adjacent to an activating group) is 1. The Morgan fingerprint density at radius 3 is 2.11 bits per heavy atom. The topological polar surface area (TPSA) is 15.3 Å². The van der Waals surface area contributed by atoms with Crippen molar-refractivity contribution in [3.63, 3.8) is 0 Å². The quantitative estimate of drug-likeness (QED) is 0.835. The fourth-order valence-corrected chi connectivity index (χ4v) is 5.38. The number of nitrogens with zero attached hydrogens (tertiary/aromatic N) is 1. The van der Waals surface area contributed by atoms with Crippen LogP contribution in [0, 0.1) is 5.92 Å². The van der Waals surface area contributed by atoms with Crippen LogP contribution in [0.25, 0.3) is 0 Å². The molecule has 0 aromatic heterocycles. The fraction of sp³-hybridized carbons (Fsp3) is 1.00. The van der Waals surface area contributed by atoms with Crippen molar-refractivity contribution in [3.05, 3.63) is 0 Å². The van der Waals surface area contributed by atoms with Crippen LogP contribution < -0.4 is 5.32 Å². The van der Waals surface area contributed by atoms with Gasteiger partial charge in [-0.3, -0.25) is 4.90 Å². The van der Waals surface area contributed by atoms with E-state index in [1.807, 2.05) is 0 Å². The average molecular weight is 264 g/mol. The molecule has 2 nitrogen and oxygen atoms in total. The Balaban J connectivity index is 1.79. The molecule has 3 rings (SSSR count). The largest absolute Gasteiger partial charge is 0.315 e. The molecule has 1 heterocycles. The number of rotatable bonds is 4. The van der Waals surface area contributed by atoms with E-state index in [1.165, 1.54) is 83.7 Å². The normalized spacial score (nSPS) is 30.8. The first-order valence-electron chi connectivity index (χ1n) is 8.79. The second-order valence-corrected chi connectivity index (χ2v) is 7.17. The molecule has 3 aliphatic rings. The summed E-state index contributed by atoms with van der Waals surface area (Å²) >= 11 is 0. The molecule has 1 N–H and O–H groups in total. The SMILES string of the molecule is CNC(C1CCCCC1)C1(N2CCCC2)CCCC1. The second-order valence-electron chi connectivity index (χ2n) is 7.17. The van der Waals surface area contributed by atoms with Gasteiger partial charge in [0.05, 0.1) is 0 Å². The number of hydrogen-bond acceptors (Lipinski definition) is 2. The van der Waals surface area contributed by atoms with Gasteiger partial charge in [0.2, 0.25) is 0 Å². The molecule has 3 fully saturated rings. The summed E-state index contributed by atoms with van der Waals surface area (Å²) in [4.78, 5) is 2.88. The van der Waals surface area contributed by atoms with Crippen LogP contribution >= 0.6 is 0 Å². The number of nitrogens with one attached hydrogen (secondary N) is 1. The summed E-state index contributed by atoms with van der Waals surface area (Å²) in [5, 5.41) is 3.79. The Kier molecular flexibility index (Phi) is 4.48. The van der Waals surface area contributed by atoms with Gasteiger partial charge < -0.3 is 5.32 Å². The lowest BCUT2D eigenvalue weighted by molar-refractivity contribution is 0.0441. The van der Waals surface area contributed by atoms with E-state index in [0.29, 0.717) is 5.54 Å². The van der Waals surface area contributed by atoms with Crippen molar-refractivity contribution < 1.29 is 0 Å². The van der Waals surface area contributed by atoms with Crippen LogP contribution in [0.1, 0.15) is 70.6 Å². The van der Waals surface area contributed by atoms with Crippen LogP contribution in [0.3, 0.4) is 0 Å². The summed E-state index contributed by atoms with van der Waals surface area (Å²) in [7, 11) is 2.23. The molecule has 19 heavy (non-hydrogen) atoms. The first kappa shape index (κ1) is 13.9. The van der Waals surface area contributed by atoms with Crippen molar-refractivity contribution in [2.45, 2.75) is 82.2 Å². The maximum absolute atomic E-state index is 3.79. The van der Waals surface area contributed by atoms with Crippen molar-refractivity contribution in [2.24, 2.45) is 5.92 Å². The van der Waals surface area contributed by atoms with E-state index in [2.05, 4.69) is 17.3 Å². The summed E-state index contributed by atoms with van der Waals surface area (Å²) in [6.07, 6.45) is 16.1. The standard InChI is InChI=1S/C17H32N2/c1-18-16(15-9-3-2-4-10-15)17(11-5-6-12-17)19-13-7-8-14-19/h15-16,18H,2-14H2,1H3. The highest BCUT2D eigenvalue weighted by atomic mass is 15.2. The number of hydrogen-bond donors (Lipinski definition) is 1. The predicted octanol–water partition coefficient (Wildman–Crippen LogP) is 3.56. The molecule has 1 aliphatic heterocycles. The van der Waals surface area contributed by atoms with Gasteiger partial charge in [-0.1, -0.05) is 32.1 Å². The van der Waals surface area contributed by atoms with E-state index in [1.54, 1.807) is 0 Å². The lowest BCUT2D eigenvalue weighted by atomic mass is 9.73. The third-order valence-electron chi connectivity index (χ3n) is 6.22. The molecular weight excluding hydrogens is 232 g/mol. The van der Waals surface area contributed by atoms with Gasteiger partial charge in [0, 0.05) is 11.6 Å². The summed E-state index contributed by atoms with van der Waals surface area (Å²) < 4.78 is 0. The fourth-order valence-electron chi connectivity index (χ4n) is 5.38. The zero-order chi connectivity index (χ0) is 13.1. The van der Waals surface area contributed by atoms with Crippen LogP contribution in [-0.4, -0.2) is 36.6 Å². The average Bonchev–Trinajstić information content (AvgIpc) is 3.12. The van der Waals surface area contributed by atoms with Gasteiger partial charge in [0.25, 0.3) is 0 Å². The lowest BCUT2D eigenvalue weighted by Crippen LogP contribution is -2.61. The minimum atomic E-state index is 0.521. The molecule has 0 aromatic carbocycles. The Bertz CT molecular complexity index is 271. The van der Waals surface area contributed by atoms with Crippen LogP contribution in [0.4, 0.5) is 0 Å². The Hall–Kier alpha value is -0.0800. The molecule has 0 aromatic rings. The zero-order valence-electron chi connectivity index (χ0n) is 12.8. The van der Waals surface area contributed by atoms with Crippen molar-refractivity contribution in [2.75, 3.05) is 20.1 Å². The zero-order valence-corrected chi connectivity index (χ0v) is 12.8. The molecule has 0 spiro atoms. The molecule has 2 aliphatic carbocycles. The molecule has 1 unspecified atom stereocenters. The third-order valence-corrected chi connectivity index (χ3v) is 6.22. The second kappa shape index (κ2) is 6.13. The predicted molar refractivity (Wildman–Crippen MR) is 81.4 cm³/mol. The van der Waals surface area contributed by atoms with E-state index < -0.39 is 0 Å². The Morgan fingerprint density at radius 1 is 0.895 bits per heavy atom. The van der Waals surface area contributed by atoms with Gasteiger partial charge in [0.15, 0.2) is 0 Å². The summed E-state index contributed by atoms with van der Waals surface area (Å²) in [5.41, 5.74) is 0.521. The highest BCUT2D eigenvalue weighted by molar-refractivity contribution is 5.06. The third kappa shape index (κ3) is 2.58. The molecule has 1 saturated heterocycles. The molecule has 110 valence electrons. The summed E-state index contributed by atoms with van der Waals surface area (Å²) in [6, 6.07) is 0.758. The minimum absolute atomic E-state index is 0.521. The van der Waals surface area contributed by atoms with E-state index >= 15 is 0 Å². The minimum Gasteiger partial charge on any atom is -0.315 e. The van der Waals surface area contributed by atoms with Gasteiger partial charge in [-0.25, -0.2) is 0 Å². The highest BCUT2D eigenvalue weighted by Gasteiger charge is 2.48. The van der Waals surface area contributed by atoms with E-state index in [4.69, 9.17) is 0 Å². The molecule has 0 bridgehead atoms. The lowest BCUT2D eigenvalue weighted by Gasteiger charge is -2.49. The van der Waals surface area contributed by atoms with Gasteiger partial charge in [-0.15, -0.1) is 0 Å². The molecule has 1 atom stereocenters. The van der Waals surface area contributed by atoms with Gasteiger partial charge in [-0.2, -0.15) is 0 Å². The number of likely N-dealkylation sites (tertiary alicyclic amines) is 1. The van der Waals surface area contributed by atoms with Crippen LogP contribution in [0.5, 0.6) is 0 Å². The maximum atomic E-state index is 3.79. The van der Waals surface area contributed by atoms with E-state index in [9.17, 15) is 0 Å². The van der Waals surface area contributed by atoms with Gasteiger partial charge in [0.1, 0.15) is 0 Å². The molecule has 0 amide bonds. The Labute approximate surface area is 119 Å². The molecule has 0 radical (unpaired) electrons. The van der Waals surface area contributed by atoms with E-state index in [-0.39, 0.29) is 0 Å². The smallest absolute Gasteiger partial charge is 0.0365 e. The summed E-state index contributed by atoms with van der Waals surface area (Å²) in [6.45, 7) is 2.73. The monoisotopic (exact) mass is 264 g/mol. The van der Waals surface area contributed by atoms with Crippen molar-refractivity contribution in [1.82, 2.24) is 10.2 Å². The highest BCUT2D eigenvalue weighted by Crippen LogP contribution is 2.44. The van der Waals surface area contributed by atoms with Crippen molar-refractivity contribution >= 4 is 0 Å². The van der Waals surface area contributed by atoms with Gasteiger partial charge in [-0.05, 0) is 64.6 Å². The van der Waals surface area contributed by atoms with Gasteiger partial charge >= 0.3 is 0 Å². The van der Waals surface area contributed by atoms with Crippen LogP contribution in [-0.2, 0) is 0 Å². The molecule has 2 saturated carbocycles. The Morgan fingerprint density at radius 2 is 1.53 bits per heavy atom. The van der Waals surface area contributed by atoms with Crippen molar-refractivity contribution in [1.29, 1.82) is 0 Å². The molecular formula is C17H32N2. The molecule has 2 heteroatoms. The van der Waals surface area contributed by atoms with Crippen LogP contribution in [0.2, 0.25) is 0 Å². The first-order valence-corrected chi connectivity index (χ1v) is 8.79. The van der Waals surface area contributed by atoms with E-state index in [0.717, 1.165) is 12.0 Å².